The summed E-state index contributed by atoms with van der Waals surface area (Å²) in [6.07, 6.45) is 0. The monoisotopic (exact) mass is 310 g/mol. The van der Waals surface area contributed by atoms with Gasteiger partial charge in [0.25, 0.3) is 10.0 Å². The molecule has 1 rings (SSSR count). The lowest BCUT2D eigenvalue weighted by molar-refractivity contribution is 0.244. The maximum Gasteiger partial charge on any atom is 0.276 e. The molecule has 5 nitrogen and oxygen atoms in total. The number of hydrazone groups is 1. The van der Waals surface area contributed by atoms with Gasteiger partial charge in [0.05, 0.1) is 17.2 Å². The Bertz CT molecular complexity index is 503. The highest BCUT2D eigenvalue weighted by Crippen LogP contribution is 2.09. The van der Waals surface area contributed by atoms with Crippen molar-refractivity contribution < 1.29 is 13.2 Å². The van der Waals surface area contributed by atoms with Crippen LogP contribution in [0.25, 0.3) is 0 Å². The topological polar surface area (TPSA) is 67.8 Å². The second-order valence-electron chi connectivity index (χ2n) is 3.24. The van der Waals surface area contributed by atoms with Crippen molar-refractivity contribution in [3.63, 3.8) is 0 Å². The number of methoxy groups -OCH3 is 1. The maximum atomic E-state index is 11.8. The molecule has 0 heterocycles. The van der Waals surface area contributed by atoms with Gasteiger partial charge in [-0.15, -0.1) is 0 Å². The van der Waals surface area contributed by atoms with E-state index >= 15 is 0 Å². The third-order valence-corrected chi connectivity index (χ3v) is 3.64. The molecular formula is C10H12Cl2N2O3S. The van der Waals surface area contributed by atoms with Gasteiger partial charge < -0.3 is 4.74 Å². The molecule has 0 aliphatic heterocycles. The van der Waals surface area contributed by atoms with Crippen LogP contribution in [-0.2, 0) is 14.8 Å². The fraction of sp³-hybridized carbons (Fsp3) is 0.300. The Kier molecular flexibility index (Phi) is 5.87. The predicted molar refractivity (Wildman–Crippen MR) is 71.6 cm³/mol. The SMILES string of the molecule is COC/C(=N/NS(=O)(=O)c1ccccc1)C(Cl)Cl. The minimum absolute atomic E-state index is 0.0367. The summed E-state index contributed by atoms with van der Waals surface area (Å²) in [5.41, 5.74) is 0.181. The van der Waals surface area contributed by atoms with Crippen LogP contribution >= 0.6 is 23.2 Å². The smallest absolute Gasteiger partial charge is 0.276 e. The Morgan fingerprint density at radius 2 is 2.00 bits per heavy atom. The molecule has 0 amide bonds. The standard InChI is InChI=1S/C10H12Cl2N2O3S/c1-17-7-9(10(11)12)13-14-18(15,16)8-5-3-2-4-6-8/h2-6,10,14H,7H2,1H3/b13-9-. The molecule has 1 aromatic rings. The Morgan fingerprint density at radius 1 is 1.39 bits per heavy atom. The first-order valence-electron chi connectivity index (χ1n) is 4.88. The number of halogens is 2. The van der Waals surface area contributed by atoms with Crippen LogP contribution in [0.5, 0.6) is 0 Å². The molecule has 0 aliphatic carbocycles. The third kappa shape index (κ3) is 4.45. The van der Waals surface area contributed by atoms with Gasteiger partial charge in [-0.05, 0) is 12.1 Å². The average Bonchev–Trinajstić information content (AvgIpc) is 2.35. The second kappa shape index (κ2) is 6.94. The zero-order chi connectivity index (χ0) is 13.6. The molecule has 0 saturated carbocycles. The van der Waals surface area contributed by atoms with E-state index in [1.165, 1.54) is 19.2 Å². The van der Waals surface area contributed by atoms with Crippen molar-refractivity contribution in [1.82, 2.24) is 4.83 Å². The van der Waals surface area contributed by atoms with Crippen LogP contribution in [0.15, 0.2) is 40.3 Å². The lowest BCUT2D eigenvalue weighted by Gasteiger charge is -2.07. The maximum absolute atomic E-state index is 11.8. The number of hydrogen-bond donors (Lipinski definition) is 1. The summed E-state index contributed by atoms with van der Waals surface area (Å²) < 4.78 is 28.4. The fourth-order valence-electron chi connectivity index (χ4n) is 1.06. The summed E-state index contributed by atoms with van der Waals surface area (Å²) >= 11 is 11.2. The van der Waals surface area contributed by atoms with Gasteiger partial charge in [-0.2, -0.15) is 18.4 Å². The highest BCUT2D eigenvalue weighted by Gasteiger charge is 2.14. The van der Waals surface area contributed by atoms with E-state index in [0.29, 0.717) is 0 Å². The summed E-state index contributed by atoms with van der Waals surface area (Å²) in [4.78, 5) is 1.21. The van der Waals surface area contributed by atoms with Gasteiger partial charge in [0, 0.05) is 7.11 Å². The number of alkyl halides is 2. The average molecular weight is 311 g/mol. The van der Waals surface area contributed by atoms with Crippen LogP contribution in [0.1, 0.15) is 0 Å². The molecule has 18 heavy (non-hydrogen) atoms. The van der Waals surface area contributed by atoms with Crippen molar-refractivity contribution in [2.45, 2.75) is 9.73 Å². The Morgan fingerprint density at radius 3 is 2.50 bits per heavy atom. The van der Waals surface area contributed by atoms with Crippen molar-refractivity contribution in [2.24, 2.45) is 5.10 Å². The van der Waals surface area contributed by atoms with E-state index in [2.05, 4.69) is 9.93 Å². The normalized spacial score (nSPS) is 12.8. The van der Waals surface area contributed by atoms with Crippen LogP contribution in [0.3, 0.4) is 0 Å². The van der Waals surface area contributed by atoms with Crippen molar-refractivity contribution in [1.29, 1.82) is 0 Å². The fourth-order valence-corrected chi connectivity index (χ4v) is 2.14. The number of ether oxygens (including phenoxy) is 1. The number of sulfonamides is 1. The molecule has 0 aromatic heterocycles. The summed E-state index contributed by atoms with van der Waals surface area (Å²) in [5, 5.41) is 3.65. The van der Waals surface area contributed by atoms with Crippen molar-refractivity contribution in [3.8, 4) is 0 Å². The molecular weight excluding hydrogens is 299 g/mol. The number of rotatable bonds is 6. The lowest BCUT2D eigenvalue weighted by Crippen LogP contribution is -2.24. The van der Waals surface area contributed by atoms with Crippen molar-refractivity contribution >= 4 is 38.9 Å². The Balaban J connectivity index is 2.87. The van der Waals surface area contributed by atoms with E-state index < -0.39 is 14.9 Å². The molecule has 0 fully saturated rings. The quantitative estimate of drug-likeness (QED) is 0.494. The van der Waals surface area contributed by atoms with Gasteiger partial charge >= 0.3 is 0 Å². The number of nitrogens with one attached hydrogen (secondary N) is 1. The molecule has 0 spiro atoms. The van der Waals surface area contributed by atoms with Crippen molar-refractivity contribution in [2.75, 3.05) is 13.7 Å². The van der Waals surface area contributed by atoms with Crippen LogP contribution in [0.4, 0.5) is 0 Å². The summed E-state index contributed by atoms with van der Waals surface area (Å²) in [5.74, 6) is 0. The molecule has 8 heteroatoms. The number of nitrogens with zero attached hydrogens (tertiary/aromatic N) is 1. The van der Waals surface area contributed by atoms with E-state index in [1.807, 2.05) is 0 Å². The molecule has 1 aromatic carbocycles. The zero-order valence-electron chi connectivity index (χ0n) is 9.51. The van der Waals surface area contributed by atoms with E-state index in [1.54, 1.807) is 18.2 Å². The Hall–Kier alpha value is -0.820. The molecule has 100 valence electrons. The van der Waals surface area contributed by atoms with Gasteiger partial charge in [0.1, 0.15) is 4.84 Å². The van der Waals surface area contributed by atoms with Crippen LogP contribution in [0.2, 0.25) is 0 Å². The highest BCUT2D eigenvalue weighted by atomic mass is 35.5. The molecule has 0 unspecified atom stereocenters. The summed E-state index contributed by atoms with van der Waals surface area (Å²) in [7, 11) is -2.29. The van der Waals surface area contributed by atoms with E-state index in [4.69, 9.17) is 27.9 Å². The molecule has 0 aliphatic rings. The van der Waals surface area contributed by atoms with Gasteiger partial charge in [0.15, 0.2) is 0 Å². The largest absolute Gasteiger partial charge is 0.379 e. The van der Waals surface area contributed by atoms with Crippen molar-refractivity contribution in [3.05, 3.63) is 30.3 Å². The zero-order valence-corrected chi connectivity index (χ0v) is 11.8. The van der Waals surface area contributed by atoms with E-state index in [0.717, 1.165) is 0 Å². The first kappa shape index (κ1) is 15.2. The molecule has 0 atom stereocenters. The summed E-state index contributed by atoms with van der Waals surface area (Å²) in [6, 6.07) is 7.84. The first-order valence-corrected chi connectivity index (χ1v) is 7.23. The molecule has 0 bridgehead atoms. The van der Waals surface area contributed by atoms with Gasteiger partial charge in [-0.1, -0.05) is 41.4 Å². The minimum Gasteiger partial charge on any atom is -0.379 e. The molecule has 0 radical (unpaired) electrons. The van der Waals surface area contributed by atoms with Crippen LogP contribution < -0.4 is 4.83 Å². The first-order chi connectivity index (χ1) is 8.47. The minimum atomic E-state index is -3.72. The molecule has 0 saturated heterocycles. The second-order valence-corrected chi connectivity index (χ2v) is 6.00. The van der Waals surface area contributed by atoms with E-state index in [9.17, 15) is 8.42 Å². The number of hydrogen-bond acceptors (Lipinski definition) is 4. The van der Waals surface area contributed by atoms with Crippen LogP contribution in [0, 0.1) is 0 Å². The van der Waals surface area contributed by atoms with Gasteiger partial charge in [-0.25, -0.2) is 0 Å². The lowest BCUT2D eigenvalue weighted by atomic mass is 10.4. The predicted octanol–water partition coefficient (Wildman–Crippen LogP) is 1.77. The van der Waals surface area contributed by atoms with Gasteiger partial charge in [0.2, 0.25) is 0 Å². The number of benzene rings is 1. The molecule has 1 N–H and O–H groups in total. The Labute approximate surface area is 116 Å². The highest BCUT2D eigenvalue weighted by molar-refractivity contribution is 7.89. The van der Waals surface area contributed by atoms with Gasteiger partial charge in [-0.3, -0.25) is 0 Å². The van der Waals surface area contributed by atoms with E-state index in [-0.39, 0.29) is 17.2 Å². The van der Waals surface area contributed by atoms with Crippen LogP contribution in [-0.4, -0.2) is 32.7 Å². The summed E-state index contributed by atoms with van der Waals surface area (Å²) in [6.45, 7) is 0.0367. The third-order valence-electron chi connectivity index (χ3n) is 1.91.